The maximum absolute atomic E-state index is 11.6. The monoisotopic (exact) mass is 289 g/mol. The zero-order chi connectivity index (χ0) is 15.1. The molecule has 6 heteroatoms. The van der Waals surface area contributed by atoms with Gasteiger partial charge in [-0.3, -0.25) is 0 Å². The number of urea groups is 1. The van der Waals surface area contributed by atoms with Crippen LogP contribution in [0.1, 0.15) is 19.0 Å². The normalized spacial score (nSPS) is 11.9. The van der Waals surface area contributed by atoms with Crippen molar-refractivity contribution in [2.75, 3.05) is 6.61 Å². The molecule has 0 radical (unpaired) electrons. The van der Waals surface area contributed by atoms with Crippen LogP contribution in [0.15, 0.2) is 41.0 Å². The minimum Gasteiger partial charge on any atom is -0.444 e. The van der Waals surface area contributed by atoms with Gasteiger partial charge in [-0.25, -0.2) is 9.78 Å². The number of carbonyl (C=O) groups is 1. The molecule has 0 aliphatic heterocycles. The Labute approximate surface area is 123 Å². The van der Waals surface area contributed by atoms with Gasteiger partial charge in [-0.2, -0.15) is 0 Å². The van der Waals surface area contributed by atoms with Crippen molar-refractivity contribution >= 4 is 6.03 Å². The fraction of sp³-hybridized carbons (Fsp3) is 0.333. The van der Waals surface area contributed by atoms with Crippen molar-refractivity contribution in [1.82, 2.24) is 15.6 Å². The number of carbonyl (C=O) groups excluding carboxylic acids is 1. The molecule has 1 heterocycles. The van der Waals surface area contributed by atoms with Crippen LogP contribution in [0, 0.1) is 0 Å². The van der Waals surface area contributed by atoms with Gasteiger partial charge in [0.2, 0.25) is 5.89 Å². The summed E-state index contributed by atoms with van der Waals surface area (Å²) in [7, 11) is 0. The first-order valence-electron chi connectivity index (χ1n) is 6.88. The van der Waals surface area contributed by atoms with E-state index in [2.05, 4.69) is 15.6 Å². The molecule has 0 saturated heterocycles. The van der Waals surface area contributed by atoms with E-state index in [0.29, 0.717) is 18.0 Å². The first kappa shape index (κ1) is 15.1. The van der Waals surface area contributed by atoms with Gasteiger partial charge in [0.05, 0.1) is 24.9 Å². The van der Waals surface area contributed by atoms with Crippen LogP contribution in [0.2, 0.25) is 0 Å². The molecule has 2 aromatic rings. The summed E-state index contributed by atoms with van der Waals surface area (Å²) in [6.07, 6.45) is 2.19. The van der Waals surface area contributed by atoms with Crippen molar-refractivity contribution in [3.05, 3.63) is 42.3 Å². The zero-order valence-corrected chi connectivity index (χ0v) is 11.9. The van der Waals surface area contributed by atoms with Gasteiger partial charge in [-0.15, -0.1) is 0 Å². The lowest BCUT2D eigenvalue weighted by Gasteiger charge is -2.14. The maximum atomic E-state index is 11.6. The van der Waals surface area contributed by atoms with E-state index < -0.39 is 0 Å². The Balaban J connectivity index is 1.87. The van der Waals surface area contributed by atoms with Crippen LogP contribution in [-0.4, -0.2) is 28.8 Å². The molecule has 6 nitrogen and oxygen atoms in total. The summed E-state index contributed by atoms with van der Waals surface area (Å²) in [6, 6.07) is 8.98. The van der Waals surface area contributed by atoms with Crippen LogP contribution in [0.3, 0.4) is 0 Å². The third-order valence-electron chi connectivity index (χ3n) is 3.05. The van der Waals surface area contributed by atoms with Crippen molar-refractivity contribution < 1.29 is 14.3 Å². The SMILES string of the molecule is CCC(CO)NC(=O)NCc1coc(-c2ccccc2)n1. The summed E-state index contributed by atoms with van der Waals surface area (Å²) < 4.78 is 5.38. The second-order valence-corrected chi connectivity index (χ2v) is 4.62. The third-order valence-corrected chi connectivity index (χ3v) is 3.05. The van der Waals surface area contributed by atoms with E-state index in [9.17, 15) is 4.79 Å². The van der Waals surface area contributed by atoms with Crippen molar-refractivity contribution in [2.24, 2.45) is 0 Å². The molecule has 1 aromatic heterocycles. The predicted molar refractivity (Wildman–Crippen MR) is 78.5 cm³/mol. The number of amides is 2. The van der Waals surface area contributed by atoms with Gasteiger partial charge >= 0.3 is 6.03 Å². The van der Waals surface area contributed by atoms with Crippen LogP contribution >= 0.6 is 0 Å². The van der Waals surface area contributed by atoms with Gasteiger partial charge in [-0.1, -0.05) is 25.1 Å². The summed E-state index contributed by atoms with van der Waals surface area (Å²) in [4.78, 5) is 15.9. The Morgan fingerprint density at radius 2 is 2.14 bits per heavy atom. The molecule has 1 unspecified atom stereocenters. The summed E-state index contributed by atoms with van der Waals surface area (Å²) in [5, 5.41) is 14.4. The van der Waals surface area contributed by atoms with E-state index in [1.807, 2.05) is 37.3 Å². The number of hydrogen-bond donors (Lipinski definition) is 3. The van der Waals surface area contributed by atoms with Crippen molar-refractivity contribution in [2.45, 2.75) is 25.9 Å². The van der Waals surface area contributed by atoms with Gasteiger partial charge in [0.25, 0.3) is 0 Å². The lowest BCUT2D eigenvalue weighted by atomic mass is 10.2. The highest BCUT2D eigenvalue weighted by molar-refractivity contribution is 5.74. The highest BCUT2D eigenvalue weighted by Gasteiger charge is 2.10. The molecule has 0 saturated carbocycles. The summed E-state index contributed by atoms with van der Waals surface area (Å²) in [5.74, 6) is 0.523. The molecule has 21 heavy (non-hydrogen) atoms. The van der Waals surface area contributed by atoms with Crippen LogP contribution in [0.25, 0.3) is 11.5 Å². The van der Waals surface area contributed by atoms with Crippen molar-refractivity contribution in [1.29, 1.82) is 0 Å². The maximum Gasteiger partial charge on any atom is 0.315 e. The van der Waals surface area contributed by atoms with Crippen LogP contribution in [0.4, 0.5) is 4.79 Å². The number of hydrogen-bond acceptors (Lipinski definition) is 4. The quantitative estimate of drug-likeness (QED) is 0.758. The third kappa shape index (κ3) is 4.32. The van der Waals surface area contributed by atoms with Crippen molar-refractivity contribution in [3.8, 4) is 11.5 Å². The Bertz CT molecular complexity index is 565. The number of aromatic nitrogens is 1. The molecule has 3 N–H and O–H groups in total. The largest absolute Gasteiger partial charge is 0.444 e. The Morgan fingerprint density at radius 3 is 2.81 bits per heavy atom. The molecule has 0 spiro atoms. The summed E-state index contributed by atoms with van der Waals surface area (Å²) in [6.45, 7) is 2.08. The molecule has 2 rings (SSSR count). The highest BCUT2D eigenvalue weighted by Crippen LogP contribution is 2.17. The van der Waals surface area contributed by atoms with Crippen LogP contribution < -0.4 is 10.6 Å². The number of aliphatic hydroxyl groups is 1. The predicted octanol–water partition coefficient (Wildman–Crippen LogP) is 1.91. The van der Waals surface area contributed by atoms with Gasteiger partial charge in [0.15, 0.2) is 0 Å². The number of oxazole rings is 1. The van der Waals surface area contributed by atoms with E-state index in [0.717, 1.165) is 5.56 Å². The molecular weight excluding hydrogens is 270 g/mol. The average Bonchev–Trinajstić information content (AvgIpc) is 3.00. The molecule has 0 bridgehead atoms. The lowest BCUT2D eigenvalue weighted by Crippen LogP contribution is -2.43. The number of rotatable bonds is 6. The Morgan fingerprint density at radius 1 is 1.38 bits per heavy atom. The molecule has 0 aliphatic rings. The van der Waals surface area contributed by atoms with E-state index in [1.165, 1.54) is 6.26 Å². The minimum atomic E-state index is -0.333. The fourth-order valence-electron chi connectivity index (χ4n) is 1.79. The van der Waals surface area contributed by atoms with Gasteiger partial charge < -0.3 is 20.2 Å². The second-order valence-electron chi connectivity index (χ2n) is 4.62. The number of nitrogens with zero attached hydrogens (tertiary/aromatic N) is 1. The first-order chi connectivity index (χ1) is 10.2. The Kier molecular flexibility index (Phi) is 5.34. The van der Waals surface area contributed by atoms with Gasteiger partial charge in [0, 0.05) is 5.56 Å². The summed E-state index contributed by atoms with van der Waals surface area (Å²) in [5.41, 5.74) is 1.53. The molecule has 1 aromatic carbocycles. The lowest BCUT2D eigenvalue weighted by molar-refractivity contribution is 0.214. The van der Waals surface area contributed by atoms with Crippen LogP contribution in [0.5, 0.6) is 0 Å². The number of nitrogens with one attached hydrogen (secondary N) is 2. The van der Waals surface area contributed by atoms with Crippen LogP contribution in [-0.2, 0) is 6.54 Å². The zero-order valence-electron chi connectivity index (χ0n) is 11.9. The van der Waals surface area contributed by atoms with Gasteiger partial charge in [-0.05, 0) is 18.6 Å². The molecule has 0 aliphatic carbocycles. The molecular formula is C15H19N3O3. The summed E-state index contributed by atoms with van der Waals surface area (Å²) >= 11 is 0. The fourth-order valence-corrected chi connectivity index (χ4v) is 1.79. The molecule has 112 valence electrons. The van der Waals surface area contributed by atoms with Crippen molar-refractivity contribution in [3.63, 3.8) is 0 Å². The standard InChI is InChI=1S/C15H19N3O3/c1-2-12(9-19)18-15(20)16-8-13-10-21-14(17-13)11-6-4-3-5-7-11/h3-7,10,12,19H,2,8-9H2,1H3,(H2,16,18,20). The number of benzene rings is 1. The minimum absolute atomic E-state index is 0.0773. The van der Waals surface area contributed by atoms with E-state index in [1.54, 1.807) is 0 Å². The van der Waals surface area contributed by atoms with E-state index >= 15 is 0 Å². The number of aliphatic hydroxyl groups excluding tert-OH is 1. The van der Waals surface area contributed by atoms with E-state index in [4.69, 9.17) is 9.52 Å². The molecule has 1 atom stereocenters. The average molecular weight is 289 g/mol. The molecule has 2 amide bonds. The highest BCUT2D eigenvalue weighted by atomic mass is 16.3. The molecule has 0 fully saturated rings. The second kappa shape index (κ2) is 7.44. The van der Waals surface area contributed by atoms with E-state index in [-0.39, 0.29) is 25.2 Å². The smallest absolute Gasteiger partial charge is 0.315 e. The Hall–Kier alpha value is -2.34. The topological polar surface area (TPSA) is 87.4 Å². The first-order valence-corrected chi connectivity index (χ1v) is 6.88. The van der Waals surface area contributed by atoms with Gasteiger partial charge in [0.1, 0.15) is 6.26 Å².